The summed E-state index contributed by atoms with van der Waals surface area (Å²) >= 11 is 0. The molecule has 0 aliphatic carbocycles. The van der Waals surface area contributed by atoms with Crippen LogP contribution in [-0.2, 0) is 19.0 Å². The fourth-order valence-corrected chi connectivity index (χ4v) is 1.77. The highest BCUT2D eigenvalue weighted by Crippen LogP contribution is 2.10. The van der Waals surface area contributed by atoms with Crippen molar-refractivity contribution in [2.45, 2.75) is 38.6 Å². The largest absolute Gasteiger partial charge is 0.491 e. The third kappa shape index (κ3) is 11.5. The maximum Gasteiger partial charge on any atom is 0.329 e. The number of aliphatic hydroxyl groups is 1. The molecular formula is C18H28O7. The second kappa shape index (κ2) is 11.0. The van der Waals surface area contributed by atoms with Crippen LogP contribution in [0, 0.1) is 0 Å². The van der Waals surface area contributed by atoms with Crippen LogP contribution in [0.25, 0.3) is 0 Å². The van der Waals surface area contributed by atoms with Crippen LogP contribution in [0.2, 0.25) is 0 Å². The molecule has 25 heavy (non-hydrogen) atoms. The Hall–Kier alpha value is -1.67. The molecule has 0 amide bonds. The summed E-state index contributed by atoms with van der Waals surface area (Å²) in [6.45, 7) is 5.73. The SMILES string of the molecule is CC(C)(C)OCC(COCC(=O)O)OCC(O)COc1ccccc1. The van der Waals surface area contributed by atoms with Crippen molar-refractivity contribution in [3.05, 3.63) is 30.3 Å². The lowest BCUT2D eigenvalue weighted by atomic mass is 10.2. The molecular weight excluding hydrogens is 328 g/mol. The van der Waals surface area contributed by atoms with Gasteiger partial charge in [0, 0.05) is 0 Å². The van der Waals surface area contributed by atoms with E-state index in [2.05, 4.69) is 0 Å². The van der Waals surface area contributed by atoms with Crippen molar-refractivity contribution in [2.24, 2.45) is 0 Å². The van der Waals surface area contributed by atoms with Crippen LogP contribution in [0.1, 0.15) is 20.8 Å². The Labute approximate surface area is 148 Å². The molecule has 0 aliphatic heterocycles. The van der Waals surface area contributed by atoms with Gasteiger partial charge in [0.15, 0.2) is 0 Å². The topological polar surface area (TPSA) is 94.5 Å². The molecule has 2 unspecified atom stereocenters. The van der Waals surface area contributed by atoms with E-state index in [1.165, 1.54) is 0 Å². The fraction of sp³-hybridized carbons (Fsp3) is 0.611. The molecule has 0 aromatic heterocycles. The predicted octanol–water partition coefficient (Wildman–Crippen LogP) is 1.73. The zero-order valence-electron chi connectivity index (χ0n) is 15.0. The molecule has 0 saturated carbocycles. The number of hydrogen-bond donors (Lipinski definition) is 2. The maximum absolute atomic E-state index is 10.5. The number of rotatable bonds is 12. The van der Waals surface area contributed by atoms with Gasteiger partial charge in [0.2, 0.25) is 0 Å². The summed E-state index contributed by atoms with van der Waals surface area (Å²) < 4.78 is 21.8. The normalized spacial score (nSPS) is 14.1. The van der Waals surface area contributed by atoms with E-state index in [1.807, 2.05) is 39.0 Å². The lowest BCUT2D eigenvalue weighted by Crippen LogP contribution is -2.35. The molecule has 0 heterocycles. The van der Waals surface area contributed by atoms with Gasteiger partial charge in [0.25, 0.3) is 0 Å². The van der Waals surface area contributed by atoms with E-state index in [9.17, 15) is 9.90 Å². The minimum Gasteiger partial charge on any atom is -0.491 e. The summed E-state index contributed by atoms with van der Waals surface area (Å²) in [5, 5.41) is 18.6. The number of para-hydroxylation sites is 1. The average molecular weight is 356 g/mol. The Kier molecular flexibility index (Phi) is 9.44. The first-order valence-electron chi connectivity index (χ1n) is 8.17. The van der Waals surface area contributed by atoms with E-state index in [1.54, 1.807) is 12.1 Å². The summed E-state index contributed by atoms with van der Waals surface area (Å²) in [5.41, 5.74) is -0.358. The van der Waals surface area contributed by atoms with Gasteiger partial charge in [0.05, 0.1) is 25.4 Å². The Bertz CT molecular complexity index is 484. The first-order valence-corrected chi connectivity index (χ1v) is 8.17. The molecule has 7 nitrogen and oxygen atoms in total. The van der Waals surface area contributed by atoms with Gasteiger partial charge in [-0.2, -0.15) is 0 Å². The molecule has 0 spiro atoms. The number of hydrogen-bond acceptors (Lipinski definition) is 6. The van der Waals surface area contributed by atoms with Gasteiger partial charge in [-0.05, 0) is 32.9 Å². The molecule has 7 heteroatoms. The standard InChI is InChI=1S/C18H28O7/c1-18(2,3)25-12-16(11-22-13-17(20)21)24-10-14(19)9-23-15-7-5-4-6-8-15/h4-8,14,16,19H,9-13H2,1-3H3,(H,20,21). The molecule has 1 aromatic carbocycles. The number of carboxylic acid groups (broad SMARTS) is 1. The number of carbonyl (C=O) groups is 1. The van der Waals surface area contributed by atoms with Crippen LogP contribution in [0.15, 0.2) is 30.3 Å². The lowest BCUT2D eigenvalue weighted by Gasteiger charge is -2.25. The molecule has 0 aliphatic rings. The smallest absolute Gasteiger partial charge is 0.329 e. The van der Waals surface area contributed by atoms with E-state index < -0.39 is 24.8 Å². The summed E-state index contributed by atoms with van der Waals surface area (Å²) in [4.78, 5) is 10.5. The summed E-state index contributed by atoms with van der Waals surface area (Å²) in [5.74, 6) is -0.384. The van der Waals surface area contributed by atoms with Crippen LogP contribution in [-0.4, -0.2) is 67.0 Å². The third-order valence-corrected chi connectivity index (χ3v) is 2.94. The second-order valence-corrected chi connectivity index (χ2v) is 6.57. The van der Waals surface area contributed by atoms with Crippen LogP contribution in [0.4, 0.5) is 0 Å². The third-order valence-electron chi connectivity index (χ3n) is 2.94. The quantitative estimate of drug-likeness (QED) is 0.589. The molecule has 2 atom stereocenters. The van der Waals surface area contributed by atoms with E-state index in [4.69, 9.17) is 24.1 Å². The number of aliphatic hydroxyl groups excluding tert-OH is 1. The Morgan fingerprint density at radius 3 is 2.36 bits per heavy atom. The van der Waals surface area contributed by atoms with Gasteiger partial charge >= 0.3 is 5.97 Å². The fourth-order valence-electron chi connectivity index (χ4n) is 1.77. The molecule has 142 valence electrons. The first kappa shape index (κ1) is 21.4. The summed E-state index contributed by atoms with van der Waals surface area (Å²) in [6, 6.07) is 9.17. The van der Waals surface area contributed by atoms with Gasteiger partial charge in [-0.3, -0.25) is 0 Å². The van der Waals surface area contributed by atoms with E-state index >= 15 is 0 Å². The van der Waals surface area contributed by atoms with Crippen molar-refractivity contribution < 1.29 is 34.0 Å². The minimum absolute atomic E-state index is 0.0292. The highest BCUT2D eigenvalue weighted by molar-refractivity contribution is 5.67. The molecule has 0 radical (unpaired) electrons. The van der Waals surface area contributed by atoms with Gasteiger partial charge in [-0.25, -0.2) is 4.79 Å². The van der Waals surface area contributed by atoms with Crippen molar-refractivity contribution >= 4 is 5.97 Å². The van der Waals surface area contributed by atoms with E-state index in [0.717, 1.165) is 0 Å². The van der Waals surface area contributed by atoms with Crippen molar-refractivity contribution in [1.82, 2.24) is 0 Å². The van der Waals surface area contributed by atoms with Crippen molar-refractivity contribution in [3.63, 3.8) is 0 Å². The predicted molar refractivity (Wildman–Crippen MR) is 91.8 cm³/mol. The van der Waals surface area contributed by atoms with Gasteiger partial charge in [-0.15, -0.1) is 0 Å². The molecule has 2 N–H and O–H groups in total. The lowest BCUT2D eigenvalue weighted by molar-refractivity contribution is -0.147. The Morgan fingerprint density at radius 2 is 1.76 bits per heavy atom. The first-order chi connectivity index (χ1) is 11.8. The maximum atomic E-state index is 10.5. The molecule has 0 fully saturated rings. The number of ether oxygens (including phenoxy) is 4. The molecule has 1 aromatic rings. The number of benzene rings is 1. The van der Waals surface area contributed by atoms with Crippen LogP contribution in [0.3, 0.4) is 0 Å². The highest BCUT2D eigenvalue weighted by Gasteiger charge is 2.18. The van der Waals surface area contributed by atoms with Gasteiger partial charge in [0.1, 0.15) is 31.2 Å². The van der Waals surface area contributed by atoms with Crippen LogP contribution in [0.5, 0.6) is 5.75 Å². The Balaban J connectivity index is 2.36. The summed E-state index contributed by atoms with van der Waals surface area (Å²) in [7, 11) is 0. The van der Waals surface area contributed by atoms with Crippen LogP contribution < -0.4 is 4.74 Å². The van der Waals surface area contributed by atoms with Crippen molar-refractivity contribution in [3.8, 4) is 5.75 Å². The van der Waals surface area contributed by atoms with Crippen molar-refractivity contribution in [1.29, 1.82) is 0 Å². The zero-order chi connectivity index (χ0) is 18.7. The summed E-state index contributed by atoms with van der Waals surface area (Å²) in [6.07, 6.45) is -1.30. The number of aliphatic carboxylic acids is 1. The van der Waals surface area contributed by atoms with Crippen LogP contribution >= 0.6 is 0 Å². The van der Waals surface area contributed by atoms with Gasteiger partial charge in [-0.1, -0.05) is 18.2 Å². The van der Waals surface area contributed by atoms with E-state index in [-0.39, 0.29) is 32.0 Å². The minimum atomic E-state index is -1.05. The number of carboxylic acids is 1. The average Bonchev–Trinajstić information content (AvgIpc) is 2.54. The van der Waals surface area contributed by atoms with Gasteiger partial charge < -0.3 is 29.2 Å². The molecule has 0 bridgehead atoms. The zero-order valence-corrected chi connectivity index (χ0v) is 15.0. The van der Waals surface area contributed by atoms with E-state index in [0.29, 0.717) is 5.75 Å². The monoisotopic (exact) mass is 356 g/mol. The molecule has 1 rings (SSSR count). The second-order valence-electron chi connectivity index (χ2n) is 6.57. The highest BCUT2D eigenvalue weighted by atomic mass is 16.6. The Morgan fingerprint density at radius 1 is 1.08 bits per heavy atom. The molecule has 0 saturated heterocycles. The van der Waals surface area contributed by atoms with Crippen molar-refractivity contribution in [2.75, 3.05) is 33.0 Å².